The molecule has 0 unspecified atom stereocenters. The molecule has 1 fully saturated rings. The second-order valence-electron chi connectivity index (χ2n) is 12.4. The largest absolute Gasteiger partial charge is 0.343 e. The number of amides is 4. The van der Waals surface area contributed by atoms with Crippen molar-refractivity contribution in [1.82, 2.24) is 20.9 Å². The Balaban J connectivity index is 1.75. The van der Waals surface area contributed by atoms with Crippen LogP contribution in [0.2, 0.25) is 0 Å². The topological polar surface area (TPSA) is 160 Å². The van der Waals surface area contributed by atoms with Gasteiger partial charge in [-0.1, -0.05) is 74.5 Å². The molecule has 1 heterocycles. The third-order valence-electron chi connectivity index (χ3n) is 8.02. The maximum absolute atomic E-state index is 13.8. The fourth-order valence-corrected chi connectivity index (χ4v) is 6.36. The lowest BCUT2D eigenvalue weighted by molar-refractivity contribution is -0.138. The Kier molecular flexibility index (Phi) is 16.1. The zero-order valence-corrected chi connectivity index (χ0v) is 28.1. The first-order valence-corrected chi connectivity index (χ1v) is 17.6. The van der Waals surface area contributed by atoms with Crippen LogP contribution in [0.3, 0.4) is 0 Å². The number of benzene rings is 2. The molecule has 1 aliphatic rings. The van der Waals surface area contributed by atoms with E-state index in [-0.39, 0.29) is 11.8 Å². The summed E-state index contributed by atoms with van der Waals surface area (Å²) >= 11 is 1.82. The number of nitrogens with two attached hydrogens (primary N) is 2. The van der Waals surface area contributed by atoms with Gasteiger partial charge >= 0.3 is 0 Å². The quantitative estimate of drug-likeness (QED) is 0.176. The van der Waals surface area contributed by atoms with Gasteiger partial charge < -0.3 is 32.3 Å². The van der Waals surface area contributed by atoms with E-state index < -0.39 is 41.9 Å². The lowest BCUT2D eigenvalue weighted by Gasteiger charge is -2.29. The third kappa shape index (κ3) is 12.8. The lowest BCUT2D eigenvalue weighted by Crippen LogP contribution is -2.58. The standard InChI is InChI=1S/C35H52N6O4S/c1-25(2)23-31(34(44)39-30(15-9-18-36)35(45)41-19-10-21-46-22-20-41)40-33(43)29(17-16-26-11-5-3-6-12-26)38-32(42)28(37)24-27-13-7-4-8-14-27/h3-8,11-14,25,28-31H,9-10,15-24,36-37H2,1-2H3,(H,38,42)(H,39,44)(H,40,43)/t28-,29-,30-,31-/m1/s1. The first-order valence-electron chi connectivity index (χ1n) is 16.5. The molecular formula is C35H52N6O4S. The molecule has 0 radical (unpaired) electrons. The van der Waals surface area contributed by atoms with Crippen LogP contribution in [-0.4, -0.2) is 83.8 Å². The van der Waals surface area contributed by atoms with Crippen molar-refractivity contribution in [2.45, 2.75) is 83.0 Å². The highest BCUT2D eigenvalue weighted by atomic mass is 32.2. The van der Waals surface area contributed by atoms with E-state index in [0.717, 1.165) is 29.1 Å². The van der Waals surface area contributed by atoms with Crippen LogP contribution in [0.25, 0.3) is 0 Å². The van der Waals surface area contributed by atoms with Gasteiger partial charge in [0.05, 0.1) is 6.04 Å². The summed E-state index contributed by atoms with van der Waals surface area (Å²) in [7, 11) is 0. The maximum Gasteiger partial charge on any atom is 0.245 e. The fraction of sp³-hybridized carbons (Fsp3) is 0.543. The molecule has 0 aliphatic carbocycles. The van der Waals surface area contributed by atoms with Gasteiger partial charge in [0.25, 0.3) is 0 Å². The normalized spacial score (nSPS) is 16.1. The second kappa shape index (κ2) is 20.0. The Hall–Kier alpha value is -3.41. The van der Waals surface area contributed by atoms with Gasteiger partial charge in [0, 0.05) is 18.8 Å². The summed E-state index contributed by atoms with van der Waals surface area (Å²) in [6.07, 6.45) is 3.46. The number of carbonyl (C=O) groups excluding carboxylic acids is 4. The van der Waals surface area contributed by atoms with Gasteiger partial charge in [0.1, 0.15) is 18.1 Å². The Morgan fingerprint density at radius 1 is 0.783 bits per heavy atom. The van der Waals surface area contributed by atoms with E-state index in [0.29, 0.717) is 58.2 Å². The first kappa shape index (κ1) is 37.1. The van der Waals surface area contributed by atoms with E-state index in [4.69, 9.17) is 11.5 Å². The molecule has 0 spiro atoms. The van der Waals surface area contributed by atoms with E-state index in [9.17, 15) is 19.2 Å². The average Bonchev–Trinajstić information content (AvgIpc) is 3.34. The minimum atomic E-state index is -0.915. The average molecular weight is 653 g/mol. The van der Waals surface area contributed by atoms with Crippen LogP contribution in [0.15, 0.2) is 60.7 Å². The molecule has 46 heavy (non-hydrogen) atoms. The van der Waals surface area contributed by atoms with Crippen LogP contribution >= 0.6 is 11.8 Å². The summed E-state index contributed by atoms with van der Waals surface area (Å²) in [4.78, 5) is 56.1. The van der Waals surface area contributed by atoms with Crippen LogP contribution in [0.1, 0.15) is 57.1 Å². The van der Waals surface area contributed by atoms with Crippen LogP contribution in [-0.2, 0) is 32.0 Å². The van der Waals surface area contributed by atoms with Crippen LogP contribution in [0, 0.1) is 5.92 Å². The number of rotatable bonds is 17. The summed E-state index contributed by atoms with van der Waals surface area (Å²) < 4.78 is 0. The minimum absolute atomic E-state index is 0.0773. The van der Waals surface area contributed by atoms with Gasteiger partial charge in [-0.2, -0.15) is 11.8 Å². The number of carbonyl (C=O) groups is 4. The van der Waals surface area contributed by atoms with Crippen LogP contribution in [0.5, 0.6) is 0 Å². The molecule has 3 rings (SSSR count). The Morgan fingerprint density at radius 3 is 2.04 bits per heavy atom. The van der Waals surface area contributed by atoms with Gasteiger partial charge in [0.2, 0.25) is 23.6 Å². The second-order valence-corrected chi connectivity index (χ2v) is 13.6. The summed E-state index contributed by atoms with van der Waals surface area (Å²) in [6, 6.07) is 15.8. The molecule has 1 aliphatic heterocycles. The van der Waals surface area contributed by atoms with Crippen molar-refractivity contribution >= 4 is 35.4 Å². The molecule has 4 atom stereocenters. The molecule has 2 aromatic rings. The van der Waals surface area contributed by atoms with Gasteiger partial charge in [-0.25, -0.2) is 0 Å². The Morgan fingerprint density at radius 2 is 1.39 bits per heavy atom. The molecule has 0 bridgehead atoms. The van der Waals surface area contributed by atoms with E-state index in [1.807, 2.05) is 91.2 Å². The van der Waals surface area contributed by atoms with Crippen molar-refractivity contribution in [3.8, 4) is 0 Å². The summed E-state index contributed by atoms with van der Waals surface area (Å²) in [6.45, 7) is 5.63. The number of nitrogens with one attached hydrogen (secondary N) is 3. The van der Waals surface area contributed by atoms with Crippen LogP contribution < -0.4 is 27.4 Å². The van der Waals surface area contributed by atoms with E-state index in [1.165, 1.54) is 0 Å². The van der Waals surface area contributed by atoms with Gasteiger partial charge in [-0.3, -0.25) is 19.2 Å². The number of nitrogens with zero attached hydrogens (tertiary/aromatic N) is 1. The Bertz CT molecular complexity index is 1220. The molecule has 252 valence electrons. The van der Waals surface area contributed by atoms with Gasteiger partial charge in [-0.05, 0) is 74.3 Å². The molecule has 7 N–H and O–H groups in total. The first-order chi connectivity index (χ1) is 22.2. The highest BCUT2D eigenvalue weighted by molar-refractivity contribution is 7.99. The summed E-state index contributed by atoms with van der Waals surface area (Å²) in [5.74, 6) is 0.505. The Labute approximate surface area is 278 Å². The SMILES string of the molecule is CC(C)C[C@@H](NC(=O)[C@@H](CCc1ccccc1)NC(=O)[C@H](N)Cc1ccccc1)C(=O)N[C@H](CCCN)C(=O)N1CCCSCC1. The summed E-state index contributed by atoms with van der Waals surface area (Å²) in [5.41, 5.74) is 14.0. The van der Waals surface area contributed by atoms with Crippen LogP contribution in [0.4, 0.5) is 0 Å². The monoisotopic (exact) mass is 652 g/mol. The predicted octanol–water partition coefficient (Wildman–Crippen LogP) is 2.39. The van der Waals surface area contributed by atoms with Gasteiger partial charge in [0.15, 0.2) is 0 Å². The molecule has 11 heteroatoms. The number of hydrogen-bond donors (Lipinski definition) is 5. The molecule has 0 aromatic heterocycles. The molecule has 4 amide bonds. The zero-order valence-electron chi connectivity index (χ0n) is 27.3. The molecule has 10 nitrogen and oxygen atoms in total. The third-order valence-corrected chi connectivity index (χ3v) is 9.07. The number of aryl methyl sites for hydroxylation is 1. The van der Waals surface area contributed by atoms with Crippen molar-refractivity contribution in [1.29, 1.82) is 0 Å². The van der Waals surface area contributed by atoms with E-state index in [2.05, 4.69) is 16.0 Å². The number of hydrogen-bond acceptors (Lipinski definition) is 7. The molecule has 1 saturated heterocycles. The fourth-order valence-electron chi connectivity index (χ4n) is 5.48. The summed E-state index contributed by atoms with van der Waals surface area (Å²) in [5, 5.41) is 8.71. The predicted molar refractivity (Wildman–Crippen MR) is 185 cm³/mol. The molecule has 0 saturated carbocycles. The van der Waals surface area contributed by atoms with Crippen molar-refractivity contribution in [3.63, 3.8) is 0 Å². The van der Waals surface area contributed by atoms with Crippen molar-refractivity contribution < 1.29 is 19.2 Å². The highest BCUT2D eigenvalue weighted by Gasteiger charge is 2.32. The van der Waals surface area contributed by atoms with Crippen molar-refractivity contribution in [2.24, 2.45) is 17.4 Å². The maximum atomic E-state index is 13.8. The molecular weight excluding hydrogens is 600 g/mol. The molecule has 2 aromatic carbocycles. The lowest BCUT2D eigenvalue weighted by atomic mass is 9.99. The smallest absolute Gasteiger partial charge is 0.245 e. The van der Waals surface area contributed by atoms with Crippen molar-refractivity contribution in [3.05, 3.63) is 71.8 Å². The highest BCUT2D eigenvalue weighted by Crippen LogP contribution is 2.14. The minimum Gasteiger partial charge on any atom is -0.343 e. The van der Waals surface area contributed by atoms with E-state index in [1.54, 1.807) is 0 Å². The van der Waals surface area contributed by atoms with Gasteiger partial charge in [-0.15, -0.1) is 0 Å². The number of thioether (sulfide) groups is 1. The van der Waals surface area contributed by atoms with E-state index >= 15 is 0 Å². The zero-order chi connectivity index (χ0) is 33.3. The van der Waals surface area contributed by atoms with Crippen molar-refractivity contribution in [2.75, 3.05) is 31.1 Å².